The number of hydrogen-bond acceptors (Lipinski definition) is 4. The molecule has 7 heteroatoms. The minimum atomic E-state index is -3.45. The van der Waals surface area contributed by atoms with Crippen molar-refractivity contribution in [3.05, 3.63) is 66.0 Å². The first-order valence-corrected chi connectivity index (χ1v) is 11.5. The van der Waals surface area contributed by atoms with Crippen LogP contribution in [0.4, 0.5) is 0 Å². The third kappa shape index (κ3) is 6.24. The molecule has 1 aromatic carbocycles. The fourth-order valence-corrected chi connectivity index (χ4v) is 4.79. The molecule has 0 spiro atoms. The van der Waals surface area contributed by atoms with Gasteiger partial charge in [0.05, 0.1) is 4.90 Å². The van der Waals surface area contributed by atoms with E-state index in [2.05, 4.69) is 10.3 Å². The van der Waals surface area contributed by atoms with Crippen molar-refractivity contribution >= 4 is 22.0 Å². The Kier molecular flexibility index (Phi) is 7.55. The van der Waals surface area contributed by atoms with Gasteiger partial charge in [-0.15, -0.1) is 0 Å². The van der Waals surface area contributed by atoms with Crippen molar-refractivity contribution in [2.24, 2.45) is 0 Å². The van der Waals surface area contributed by atoms with Gasteiger partial charge in [-0.1, -0.05) is 31.0 Å². The van der Waals surface area contributed by atoms with E-state index in [9.17, 15) is 13.2 Å². The first-order chi connectivity index (χ1) is 14.1. The van der Waals surface area contributed by atoms with E-state index in [0.717, 1.165) is 36.9 Å². The molecule has 1 fully saturated rings. The summed E-state index contributed by atoms with van der Waals surface area (Å²) < 4.78 is 27.2. The second kappa shape index (κ2) is 10.3. The Balaban J connectivity index is 1.53. The monoisotopic (exact) mass is 413 g/mol. The molecule has 0 aliphatic carbocycles. The second-order valence-corrected chi connectivity index (χ2v) is 9.02. The van der Waals surface area contributed by atoms with Gasteiger partial charge in [0.25, 0.3) is 0 Å². The number of carbonyl (C=O) groups excluding carboxylic acids is 1. The predicted molar refractivity (Wildman–Crippen MR) is 114 cm³/mol. The van der Waals surface area contributed by atoms with Gasteiger partial charge in [0, 0.05) is 44.0 Å². The van der Waals surface area contributed by atoms with E-state index >= 15 is 0 Å². The highest BCUT2D eigenvalue weighted by Crippen LogP contribution is 2.20. The van der Waals surface area contributed by atoms with Crippen molar-refractivity contribution in [2.75, 3.05) is 19.6 Å². The van der Waals surface area contributed by atoms with Crippen LogP contribution in [0.15, 0.2) is 59.6 Å². The number of rotatable bonds is 7. The number of amides is 1. The highest BCUT2D eigenvalue weighted by Gasteiger charge is 2.24. The highest BCUT2D eigenvalue weighted by atomic mass is 32.2. The topological polar surface area (TPSA) is 79.4 Å². The molecule has 3 rings (SSSR count). The number of carbonyl (C=O) groups is 1. The minimum Gasteiger partial charge on any atom is -0.352 e. The average Bonchev–Trinajstić information content (AvgIpc) is 3.04. The van der Waals surface area contributed by atoms with Crippen LogP contribution >= 0.6 is 0 Å². The lowest BCUT2D eigenvalue weighted by atomic mass is 10.2. The summed E-state index contributed by atoms with van der Waals surface area (Å²) in [7, 11) is -3.45. The molecule has 0 saturated carbocycles. The predicted octanol–water partition coefficient (Wildman–Crippen LogP) is 3.02. The lowest BCUT2D eigenvalue weighted by molar-refractivity contribution is -0.116. The van der Waals surface area contributed by atoms with Crippen LogP contribution in [0.25, 0.3) is 6.08 Å². The number of nitrogens with zero attached hydrogens (tertiary/aromatic N) is 2. The van der Waals surface area contributed by atoms with Crippen molar-refractivity contribution in [1.29, 1.82) is 0 Å². The van der Waals surface area contributed by atoms with Crippen molar-refractivity contribution in [1.82, 2.24) is 14.6 Å². The van der Waals surface area contributed by atoms with Crippen LogP contribution in [0, 0.1) is 0 Å². The summed E-state index contributed by atoms with van der Waals surface area (Å²) in [6.45, 7) is 1.68. The Morgan fingerprint density at radius 1 is 1.03 bits per heavy atom. The van der Waals surface area contributed by atoms with E-state index in [1.54, 1.807) is 40.8 Å². The largest absolute Gasteiger partial charge is 0.352 e. The van der Waals surface area contributed by atoms with Crippen molar-refractivity contribution < 1.29 is 13.2 Å². The quantitative estimate of drug-likeness (QED) is 0.708. The van der Waals surface area contributed by atoms with Crippen molar-refractivity contribution in [3.8, 4) is 0 Å². The highest BCUT2D eigenvalue weighted by molar-refractivity contribution is 7.89. The smallest absolute Gasteiger partial charge is 0.244 e. The summed E-state index contributed by atoms with van der Waals surface area (Å²) in [4.78, 5) is 16.5. The maximum atomic E-state index is 12.8. The molecule has 1 saturated heterocycles. The summed E-state index contributed by atoms with van der Waals surface area (Å²) in [6.07, 6.45) is 9.52. The van der Waals surface area contributed by atoms with Crippen LogP contribution in [0.2, 0.25) is 0 Å². The maximum Gasteiger partial charge on any atom is 0.244 e. The SMILES string of the molecule is O=C(/C=C/c1ccc(S(=O)(=O)N2CCCCCC2)cc1)NCCc1ccccn1. The minimum absolute atomic E-state index is 0.192. The fraction of sp³-hybridized carbons (Fsp3) is 0.364. The Hall–Kier alpha value is -2.51. The molecule has 1 aromatic heterocycles. The molecule has 0 radical (unpaired) electrons. The zero-order valence-corrected chi connectivity index (χ0v) is 17.3. The molecule has 1 aliphatic heterocycles. The Bertz CT molecular complexity index is 918. The number of nitrogens with one attached hydrogen (secondary N) is 1. The van der Waals surface area contributed by atoms with Gasteiger partial charge in [-0.2, -0.15) is 4.31 Å². The number of pyridine rings is 1. The lowest BCUT2D eigenvalue weighted by Crippen LogP contribution is -2.31. The number of aromatic nitrogens is 1. The first-order valence-electron chi connectivity index (χ1n) is 10.0. The molecule has 1 N–H and O–H groups in total. The van der Waals surface area contributed by atoms with Gasteiger partial charge in [0.15, 0.2) is 0 Å². The molecule has 0 atom stereocenters. The fourth-order valence-electron chi connectivity index (χ4n) is 3.27. The van der Waals surface area contributed by atoms with E-state index in [-0.39, 0.29) is 5.91 Å². The third-order valence-electron chi connectivity index (χ3n) is 4.92. The molecule has 1 amide bonds. The summed E-state index contributed by atoms with van der Waals surface area (Å²) in [5, 5.41) is 2.82. The molecular formula is C22H27N3O3S. The lowest BCUT2D eigenvalue weighted by Gasteiger charge is -2.19. The van der Waals surface area contributed by atoms with Gasteiger partial charge in [-0.3, -0.25) is 9.78 Å². The van der Waals surface area contributed by atoms with E-state index in [4.69, 9.17) is 0 Å². The van der Waals surface area contributed by atoms with Crippen LogP contribution < -0.4 is 5.32 Å². The van der Waals surface area contributed by atoms with Gasteiger partial charge in [-0.25, -0.2) is 8.42 Å². The van der Waals surface area contributed by atoms with Crippen molar-refractivity contribution in [3.63, 3.8) is 0 Å². The molecule has 29 heavy (non-hydrogen) atoms. The van der Waals surface area contributed by atoms with Gasteiger partial charge in [0.1, 0.15) is 0 Å². The van der Waals surface area contributed by atoms with Crippen LogP contribution in [0.3, 0.4) is 0 Å². The van der Waals surface area contributed by atoms with E-state index < -0.39 is 10.0 Å². The van der Waals surface area contributed by atoms with Crippen molar-refractivity contribution in [2.45, 2.75) is 37.0 Å². The van der Waals surface area contributed by atoms with Gasteiger partial charge in [-0.05, 0) is 48.7 Å². The molecule has 6 nitrogen and oxygen atoms in total. The zero-order chi connectivity index (χ0) is 20.5. The first kappa shape index (κ1) is 21.2. The summed E-state index contributed by atoms with van der Waals surface area (Å²) in [5.41, 5.74) is 1.71. The molecule has 0 bridgehead atoms. The second-order valence-electron chi connectivity index (χ2n) is 7.08. The van der Waals surface area contributed by atoms with Crippen LogP contribution in [0.1, 0.15) is 36.9 Å². The molecule has 0 unspecified atom stereocenters. The molecule has 2 heterocycles. The van der Waals surface area contributed by atoms with E-state index in [1.165, 1.54) is 6.08 Å². The number of benzene rings is 1. The molecule has 154 valence electrons. The Morgan fingerprint density at radius 3 is 2.41 bits per heavy atom. The summed E-state index contributed by atoms with van der Waals surface area (Å²) >= 11 is 0. The standard InChI is InChI=1S/C22H27N3O3S/c26-22(24-16-14-20-7-3-4-15-23-20)13-10-19-8-11-21(12-9-19)29(27,28)25-17-5-1-2-6-18-25/h3-4,7-13,15H,1-2,5-6,14,16-18H2,(H,24,26)/b13-10+. The van der Waals surface area contributed by atoms with Crippen LogP contribution in [-0.2, 0) is 21.2 Å². The Morgan fingerprint density at radius 2 is 1.76 bits per heavy atom. The van der Waals surface area contributed by atoms with Crippen LogP contribution in [0.5, 0.6) is 0 Å². The van der Waals surface area contributed by atoms with E-state index in [0.29, 0.717) is 31.0 Å². The van der Waals surface area contributed by atoms with Gasteiger partial charge < -0.3 is 5.32 Å². The zero-order valence-electron chi connectivity index (χ0n) is 16.5. The number of hydrogen-bond donors (Lipinski definition) is 1. The molecular weight excluding hydrogens is 386 g/mol. The third-order valence-corrected chi connectivity index (χ3v) is 6.83. The van der Waals surface area contributed by atoms with Gasteiger partial charge in [0.2, 0.25) is 15.9 Å². The van der Waals surface area contributed by atoms with Crippen LogP contribution in [-0.4, -0.2) is 43.2 Å². The molecule has 2 aromatic rings. The summed E-state index contributed by atoms with van der Waals surface area (Å²) in [6, 6.07) is 12.4. The number of sulfonamides is 1. The Labute approximate surface area is 172 Å². The molecule has 1 aliphatic rings. The average molecular weight is 414 g/mol. The summed E-state index contributed by atoms with van der Waals surface area (Å²) in [5.74, 6) is -0.192. The maximum absolute atomic E-state index is 12.8. The van der Waals surface area contributed by atoms with E-state index in [1.807, 2.05) is 18.2 Å². The van der Waals surface area contributed by atoms with Gasteiger partial charge >= 0.3 is 0 Å². The normalized spacial score (nSPS) is 15.9.